The first kappa shape index (κ1) is 21.4. The van der Waals surface area contributed by atoms with Gasteiger partial charge >= 0.3 is 5.97 Å². The first-order valence-electron chi connectivity index (χ1n) is 9.52. The van der Waals surface area contributed by atoms with Crippen LogP contribution in [-0.4, -0.2) is 29.7 Å². The largest absolute Gasteiger partial charge is 0.449 e. The number of hydrogen-bond acceptors (Lipinski definition) is 5. The number of amides is 2. The number of carbonyl (C=O) groups is 4. The summed E-state index contributed by atoms with van der Waals surface area (Å²) in [6, 6.07) is 23.1. The predicted molar refractivity (Wildman–Crippen MR) is 113 cm³/mol. The molecule has 3 aromatic rings. The summed E-state index contributed by atoms with van der Waals surface area (Å²) in [5.41, 5.74) is 5.48. The molecule has 0 heterocycles. The molecular weight excluding hydrogens is 396 g/mol. The fraction of sp³-hybridized carbons (Fsp3) is 0.0833. The molecule has 3 rings (SSSR count). The van der Waals surface area contributed by atoms with Crippen molar-refractivity contribution in [3.63, 3.8) is 0 Å². The van der Waals surface area contributed by atoms with Crippen molar-refractivity contribution in [3.8, 4) is 0 Å². The Hall–Kier alpha value is -4.26. The molecule has 2 N–H and O–H groups in total. The summed E-state index contributed by atoms with van der Waals surface area (Å²) in [6.45, 7) is 1.36. The van der Waals surface area contributed by atoms with Crippen LogP contribution in [0.15, 0.2) is 84.9 Å². The number of nitrogens with one attached hydrogen (secondary N) is 2. The van der Waals surface area contributed by atoms with Crippen LogP contribution in [0.5, 0.6) is 0 Å². The first-order chi connectivity index (χ1) is 15.0. The van der Waals surface area contributed by atoms with E-state index in [1.807, 2.05) is 0 Å². The molecule has 0 saturated heterocycles. The van der Waals surface area contributed by atoms with Gasteiger partial charge in [-0.15, -0.1) is 0 Å². The van der Waals surface area contributed by atoms with Crippen molar-refractivity contribution in [3.05, 3.63) is 107 Å². The van der Waals surface area contributed by atoms with E-state index in [1.165, 1.54) is 19.1 Å². The van der Waals surface area contributed by atoms with E-state index in [-0.39, 0.29) is 16.9 Å². The number of ether oxygens (including phenoxy) is 1. The van der Waals surface area contributed by atoms with E-state index in [9.17, 15) is 19.2 Å². The fourth-order valence-electron chi connectivity index (χ4n) is 2.76. The molecule has 3 aromatic carbocycles. The van der Waals surface area contributed by atoms with Crippen molar-refractivity contribution >= 4 is 23.6 Å². The van der Waals surface area contributed by atoms with Gasteiger partial charge in [0.25, 0.3) is 11.8 Å². The van der Waals surface area contributed by atoms with Crippen LogP contribution in [0.2, 0.25) is 0 Å². The highest BCUT2D eigenvalue weighted by Gasteiger charge is 2.23. The third-order valence-electron chi connectivity index (χ3n) is 4.42. The maximum atomic E-state index is 12.8. The lowest BCUT2D eigenvalue weighted by Crippen LogP contribution is -2.46. The Balaban J connectivity index is 1.64. The molecule has 0 aliphatic rings. The minimum Gasteiger partial charge on any atom is -0.449 e. The number of hydrazine groups is 1. The van der Waals surface area contributed by atoms with Crippen LogP contribution >= 0.6 is 0 Å². The molecule has 1 atom stereocenters. The Kier molecular flexibility index (Phi) is 6.90. The van der Waals surface area contributed by atoms with Gasteiger partial charge in [0.05, 0.1) is 5.56 Å². The number of carbonyl (C=O) groups excluding carboxylic acids is 4. The zero-order valence-electron chi connectivity index (χ0n) is 16.7. The van der Waals surface area contributed by atoms with Crippen LogP contribution in [0.25, 0.3) is 0 Å². The average Bonchev–Trinajstić information content (AvgIpc) is 2.82. The van der Waals surface area contributed by atoms with Crippen LogP contribution in [0, 0.1) is 0 Å². The predicted octanol–water partition coefficient (Wildman–Crippen LogP) is 2.92. The monoisotopic (exact) mass is 416 g/mol. The van der Waals surface area contributed by atoms with Crippen LogP contribution in [0.4, 0.5) is 0 Å². The molecule has 0 saturated carbocycles. The molecule has 0 radical (unpaired) electrons. The van der Waals surface area contributed by atoms with Crippen molar-refractivity contribution in [1.29, 1.82) is 0 Å². The van der Waals surface area contributed by atoms with Crippen molar-refractivity contribution < 1.29 is 23.9 Å². The molecule has 0 spiro atoms. The van der Waals surface area contributed by atoms with Crippen molar-refractivity contribution in [2.24, 2.45) is 0 Å². The second-order valence-electron chi connectivity index (χ2n) is 6.60. The Bertz CT molecular complexity index is 1100. The van der Waals surface area contributed by atoms with Gasteiger partial charge in [-0.1, -0.05) is 66.7 Å². The minimum atomic E-state index is -1.21. The van der Waals surface area contributed by atoms with E-state index in [2.05, 4.69) is 10.9 Å². The number of hydrogen-bond donors (Lipinski definition) is 2. The molecule has 156 valence electrons. The Morgan fingerprint density at radius 2 is 1.19 bits per heavy atom. The van der Waals surface area contributed by atoms with Crippen molar-refractivity contribution in [2.45, 2.75) is 13.0 Å². The molecule has 7 nitrogen and oxygen atoms in total. The molecule has 2 amide bonds. The van der Waals surface area contributed by atoms with Crippen molar-refractivity contribution in [1.82, 2.24) is 10.9 Å². The summed E-state index contributed by atoms with van der Waals surface area (Å²) < 4.78 is 5.21. The first-order valence-corrected chi connectivity index (χ1v) is 9.52. The average molecular weight is 416 g/mol. The third kappa shape index (κ3) is 5.42. The van der Waals surface area contributed by atoms with Crippen molar-refractivity contribution in [2.75, 3.05) is 0 Å². The van der Waals surface area contributed by atoms with Crippen LogP contribution in [0.1, 0.15) is 43.6 Å². The van der Waals surface area contributed by atoms with E-state index in [0.29, 0.717) is 11.1 Å². The summed E-state index contributed by atoms with van der Waals surface area (Å²) in [4.78, 5) is 49.6. The number of esters is 1. The zero-order chi connectivity index (χ0) is 22.2. The summed E-state index contributed by atoms with van der Waals surface area (Å²) in [5, 5.41) is 0. The van der Waals surface area contributed by atoms with Gasteiger partial charge in [0.15, 0.2) is 11.9 Å². The highest BCUT2D eigenvalue weighted by atomic mass is 16.5. The second-order valence-corrected chi connectivity index (χ2v) is 6.60. The Labute approximate surface area is 179 Å². The van der Waals surface area contributed by atoms with Crippen LogP contribution in [0.3, 0.4) is 0 Å². The summed E-state index contributed by atoms with van der Waals surface area (Å²) in [5.74, 6) is -2.38. The van der Waals surface area contributed by atoms with Gasteiger partial charge in [0, 0.05) is 16.7 Å². The van der Waals surface area contributed by atoms with E-state index in [4.69, 9.17) is 4.74 Å². The summed E-state index contributed by atoms with van der Waals surface area (Å²) in [7, 11) is 0. The molecule has 31 heavy (non-hydrogen) atoms. The molecule has 0 fully saturated rings. The number of rotatable bonds is 6. The standard InChI is InChI=1S/C24H20N2O5/c1-16(22(28)25-26-23(29)18-12-6-3-7-13-18)31-24(30)20-15-9-8-14-19(20)21(27)17-10-4-2-5-11-17/h2-16H,1H3,(H,25,28)(H,26,29)/t16-/m0/s1. The second kappa shape index (κ2) is 9.98. The normalized spacial score (nSPS) is 11.1. The quantitative estimate of drug-likeness (QED) is 0.366. The number of benzene rings is 3. The fourth-order valence-corrected chi connectivity index (χ4v) is 2.76. The minimum absolute atomic E-state index is 0.0457. The third-order valence-corrected chi connectivity index (χ3v) is 4.42. The smallest absolute Gasteiger partial charge is 0.339 e. The highest BCUT2D eigenvalue weighted by molar-refractivity contribution is 6.14. The maximum absolute atomic E-state index is 12.8. The van der Waals surface area contributed by atoms with Gasteiger partial charge in [-0.3, -0.25) is 25.2 Å². The zero-order valence-corrected chi connectivity index (χ0v) is 16.7. The van der Waals surface area contributed by atoms with Gasteiger partial charge in [-0.25, -0.2) is 4.79 Å². The molecule has 0 bridgehead atoms. The van der Waals surface area contributed by atoms with E-state index in [0.717, 1.165) is 0 Å². The van der Waals surface area contributed by atoms with E-state index in [1.54, 1.807) is 72.8 Å². The Morgan fingerprint density at radius 3 is 1.81 bits per heavy atom. The molecule has 0 aliphatic carbocycles. The van der Waals surface area contributed by atoms with Gasteiger partial charge in [0.1, 0.15) is 0 Å². The SMILES string of the molecule is C[C@H](OC(=O)c1ccccc1C(=O)c1ccccc1)C(=O)NNC(=O)c1ccccc1. The van der Waals surface area contributed by atoms with Crippen LogP contribution in [-0.2, 0) is 9.53 Å². The van der Waals surface area contributed by atoms with Gasteiger partial charge in [-0.2, -0.15) is 0 Å². The van der Waals surface area contributed by atoms with Gasteiger partial charge in [0.2, 0.25) is 0 Å². The molecule has 0 aromatic heterocycles. The lowest BCUT2D eigenvalue weighted by molar-refractivity contribution is -0.129. The van der Waals surface area contributed by atoms with E-state index < -0.39 is 23.9 Å². The lowest BCUT2D eigenvalue weighted by atomic mass is 9.98. The van der Waals surface area contributed by atoms with Crippen LogP contribution < -0.4 is 10.9 Å². The summed E-state index contributed by atoms with van der Waals surface area (Å²) in [6.07, 6.45) is -1.21. The van der Waals surface area contributed by atoms with E-state index >= 15 is 0 Å². The maximum Gasteiger partial charge on any atom is 0.339 e. The highest BCUT2D eigenvalue weighted by Crippen LogP contribution is 2.16. The molecule has 7 heteroatoms. The lowest BCUT2D eigenvalue weighted by Gasteiger charge is -2.15. The topological polar surface area (TPSA) is 102 Å². The number of ketones is 1. The summed E-state index contributed by atoms with van der Waals surface area (Å²) >= 11 is 0. The molecule has 0 unspecified atom stereocenters. The van der Waals surface area contributed by atoms with Gasteiger partial charge < -0.3 is 4.74 Å². The Morgan fingerprint density at radius 1 is 0.677 bits per heavy atom. The molecule has 0 aliphatic heterocycles. The van der Waals surface area contributed by atoms with Gasteiger partial charge in [-0.05, 0) is 25.1 Å². The molecular formula is C24H20N2O5.